The van der Waals surface area contributed by atoms with E-state index in [1.807, 2.05) is 18.3 Å². The number of hydrogen-bond acceptors (Lipinski definition) is 3. The van der Waals surface area contributed by atoms with E-state index in [1.54, 1.807) is 0 Å². The van der Waals surface area contributed by atoms with Gasteiger partial charge in [-0.05, 0) is 98.2 Å². The number of anilines is 2. The molecule has 2 aliphatic rings. The van der Waals surface area contributed by atoms with Gasteiger partial charge in [0.15, 0.2) is 5.11 Å². The number of halogens is 1. The molecule has 7 heteroatoms. The van der Waals surface area contributed by atoms with Crippen LogP contribution < -0.4 is 15.1 Å². The summed E-state index contributed by atoms with van der Waals surface area (Å²) >= 11 is 13.1. The van der Waals surface area contributed by atoms with E-state index in [2.05, 4.69) is 113 Å². The van der Waals surface area contributed by atoms with Gasteiger partial charge in [-0.2, -0.15) is 0 Å². The minimum Gasteiger partial charge on any atom is -0.370 e. The molecule has 0 radical (unpaired) electrons. The van der Waals surface area contributed by atoms with E-state index >= 15 is 0 Å². The van der Waals surface area contributed by atoms with Gasteiger partial charge in [0, 0.05) is 41.7 Å². The zero-order valence-corrected chi connectivity index (χ0v) is 26.4. The van der Waals surface area contributed by atoms with Gasteiger partial charge in [-0.1, -0.05) is 61.0 Å². The molecule has 5 nitrogen and oxygen atoms in total. The molecule has 0 unspecified atom stereocenters. The van der Waals surface area contributed by atoms with Gasteiger partial charge in [-0.15, -0.1) is 0 Å². The zero-order chi connectivity index (χ0) is 29.7. The van der Waals surface area contributed by atoms with Crippen LogP contribution in [-0.2, 0) is 0 Å². The highest BCUT2D eigenvalue weighted by Crippen LogP contribution is 2.45. The summed E-state index contributed by atoms with van der Waals surface area (Å²) in [6.07, 6.45) is 4.24. The minimum atomic E-state index is -0.128. The van der Waals surface area contributed by atoms with Gasteiger partial charge in [-0.3, -0.25) is 4.98 Å². The van der Waals surface area contributed by atoms with Crippen molar-refractivity contribution in [1.82, 2.24) is 14.9 Å². The third-order valence-corrected chi connectivity index (χ3v) is 9.85. The van der Waals surface area contributed by atoms with Gasteiger partial charge in [0.2, 0.25) is 0 Å². The van der Waals surface area contributed by atoms with Gasteiger partial charge in [0.1, 0.15) is 0 Å². The Labute approximate surface area is 264 Å². The number of hydrogen-bond donors (Lipinski definition) is 1. The van der Waals surface area contributed by atoms with Crippen molar-refractivity contribution in [2.45, 2.75) is 45.7 Å². The monoisotopic (exact) mass is 605 g/mol. The Hall–Kier alpha value is -3.87. The molecular formula is C36H36ClN5S. The van der Waals surface area contributed by atoms with Crippen LogP contribution in [0.3, 0.4) is 0 Å². The van der Waals surface area contributed by atoms with E-state index in [1.165, 1.54) is 46.3 Å². The first-order valence-electron chi connectivity index (χ1n) is 15.1. The van der Waals surface area contributed by atoms with Crippen LogP contribution in [0.5, 0.6) is 0 Å². The van der Waals surface area contributed by atoms with Crippen LogP contribution in [0.25, 0.3) is 16.5 Å². The predicted octanol–water partition coefficient (Wildman–Crippen LogP) is 8.71. The molecule has 7 rings (SSSR count). The quantitative estimate of drug-likeness (QED) is 0.203. The van der Waals surface area contributed by atoms with E-state index in [4.69, 9.17) is 28.8 Å². The van der Waals surface area contributed by atoms with Crippen LogP contribution >= 0.6 is 23.8 Å². The number of thiocarbonyl (C=S) groups is 1. The number of benzene rings is 3. The van der Waals surface area contributed by atoms with Crippen LogP contribution in [0.15, 0.2) is 91.1 Å². The molecule has 1 N–H and O–H groups in total. The molecule has 2 saturated heterocycles. The van der Waals surface area contributed by atoms with Gasteiger partial charge in [0.05, 0.1) is 34.2 Å². The summed E-state index contributed by atoms with van der Waals surface area (Å²) in [5, 5.41) is 7.51. The highest BCUT2D eigenvalue weighted by Gasteiger charge is 2.42. The molecule has 2 aliphatic heterocycles. The van der Waals surface area contributed by atoms with Crippen molar-refractivity contribution < 1.29 is 0 Å². The van der Waals surface area contributed by atoms with Crippen LogP contribution in [0.1, 0.15) is 54.5 Å². The van der Waals surface area contributed by atoms with Crippen LogP contribution in [-0.4, -0.2) is 27.8 Å². The third kappa shape index (κ3) is 4.96. The first kappa shape index (κ1) is 27.9. The Morgan fingerprint density at radius 2 is 1.65 bits per heavy atom. The predicted molar refractivity (Wildman–Crippen MR) is 183 cm³/mol. The summed E-state index contributed by atoms with van der Waals surface area (Å²) in [6, 6.07) is 29.6. The lowest BCUT2D eigenvalue weighted by Gasteiger charge is -2.33. The normalized spacial score (nSPS) is 19.3. The van der Waals surface area contributed by atoms with Gasteiger partial charge >= 0.3 is 0 Å². The fourth-order valence-corrected chi connectivity index (χ4v) is 7.60. The van der Waals surface area contributed by atoms with Crippen molar-refractivity contribution in [2.75, 3.05) is 22.9 Å². The molecule has 5 aromatic rings. The molecular weight excluding hydrogens is 570 g/mol. The SMILES string of the molecule is Cc1cc([C@@H]2[C@@H](c3ccccn3)NC(=S)N2c2ccc(N3CCC(C)CC3)c(Cl)c2)c(C)n1-c1cccc2ccccc12. The smallest absolute Gasteiger partial charge is 0.174 e. The summed E-state index contributed by atoms with van der Waals surface area (Å²) in [5.41, 5.74) is 7.78. The molecule has 0 saturated carbocycles. The summed E-state index contributed by atoms with van der Waals surface area (Å²) in [4.78, 5) is 9.42. The first-order chi connectivity index (χ1) is 20.9. The molecule has 2 aromatic heterocycles. The second-order valence-corrected chi connectivity index (χ2v) is 12.8. The Morgan fingerprint density at radius 1 is 0.884 bits per heavy atom. The number of pyridine rings is 1. The molecule has 0 aliphatic carbocycles. The van der Waals surface area contributed by atoms with Crippen molar-refractivity contribution in [3.8, 4) is 5.69 Å². The molecule has 3 aromatic carbocycles. The Kier molecular flexibility index (Phi) is 7.36. The molecule has 4 heterocycles. The second kappa shape index (κ2) is 11.3. The van der Waals surface area contributed by atoms with Crippen molar-refractivity contribution >= 4 is 51.1 Å². The molecule has 0 amide bonds. The van der Waals surface area contributed by atoms with E-state index < -0.39 is 0 Å². The number of aromatic nitrogens is 2. The fourth-order valence-electron chi connectivity index (χ4n) is 6.96. The van der Waals surface area contributed by atoms with E-state index in [-0.39, 0.29) is 12.1 Å². The largest absolute Gasteiger partial charge is 0.370 e. The number of nitrogens with one attached hydrogen (secondary N) is 1. The van der Waals surface area contributed by atoms with Crippen molar-refractivity contribution in [3.63, 3.8) is 0 Å². The fraction of sp³-hybridized carbons (Fsp3) is 0.278. The summed E-state index contributed by atoms with van der Waals surface area (Å²) in [6.45, 7) is 8.80. The van der Waals surface area contributed by atoms with Crippen LogP contribution in [0.2, 0.25) is 5.02 Å². The van der Waals surface area contributed by atoms with Crippen LogP contribution in [0, 0.1) is 19.8 Å². The number of aryl methyl sites for hydroxylation is 1. The molecule has 43 heavy (non-hydrogen) atoms. The molecule has 2 atom stereocenters. The maximum atomic E-state index is 7.02. The second-order valence-electron chi connectivity index (χ2n) is 12.0. The number of rotatable bonds is 5. The van der Waals surface area contributed by atoms with E-state index in [0.717, 1.165) is 41.1 Å². The topological polar surface area (TPSA) is 36.3 Å². The summed E-state index contributed by atoms with van der Waals surface area (Å²) in [5.74, 6) is 0.763. The lowest BCUT2D eigenvalue weighted by molar-refractivity contribution is 0.438. The third-order valence-electron chi connectivity index (χ3n) is 9.23. The molecule has 2 fully saturated rings. The van der Waals surface area contributed by atoms with E-state index in [0.29, 0.717) is 5.11 Å². The van der Waals surface area contributed by atoms with Gasteiger partial charge in [-0.25, -0.2) is 0 Å². The minimum absolute atomic E-state index is 0.116. The summed E-state index contributed by atoms with van der Waals surface area (Å²) in [7, 11) is 0. The summed E-state index contributed by atoms with van der Waals surface area (Å²) < 4.78 is 2.38. The van der Waals surface area contributed by atoms with Crippen molar-refractivity contribution in [1.29, 1.82) is 0 Å². The molecule has 218 valence electrons. The molecule has 0 spiro atoms. The van der Waals surface area contributed by atoms with Gasteiger partial charge in [0.25, 0.3) is 0 Å². The van der Waals surface area contributed by atoms with Crippen LogP contribution in [0.4, 0.5) is 11.4 Å². The number of piperidine rings is 1. The van der Waals surface area contributed by atoms with Crippen molar-refractivity contribution in [2.24, 2.45) is 5.92 Å². The zero-order valence-electron chi connectivity index (χ0n) is 24.8. The highest BCUT2D eigenvalue weighted by molar-refractivity contribution is 7.80. The average molecular weight is 606 g/mol. The highest BCUT2D eigenvalue weighted by atomic mass is 35.5. The maximum absolute atomic E-state index is 7.02. The maximum Gasteiger partial charge on any atom is 0.174 e. The average Bonchev–Trinajstić information content (AvgIpc) is 3.52. The standard InChI is InChI=1S/C36H36ClN5S/c1-23-16-19-40(20-17-23)33-15-14-27(22-30(33)37)42-35(34(39-36(42)43)31-12-6-7-18-38-31)29-21-24(2)41(25(29)3)32-13-8-10-26-9-4-5-11-28(26)32/h4-15,18,21-23,34-35H,16-17,19-20H2,1-3H3,(H,39,43)/t34-,35-/m1/s1. The number of nitrogens with zero attached hydrogens (tertiary/aromatic N) is 4. The van der Waals surface area contributed by atoms with Gasteiger partial charge < -0.3 is 19.7 Å². The lowest BCUT2D eigenvalue weighted by atomic mass is 9.96. The Morgan fingerprint density at radius 3 is 2.42 bits per heavy atom. The Balaban J connectivity index is 1.34. The lowest BCUT2D eigenvalue weighted by Crippen LogP contribution is -2.33. The molecule has 0 bridgehead atoms. The number of fused-ring (bicyclic) bond motifs is 1. The first-order valence-corrected chi connectivity index (χ1v) is 15.9. The Bertz CT molecular complexity index is 1800. The van der Waals surface area contributed by atoms with Crippen molar-refractivity contribution in [3.05, 3.63) is 119 Å². The van der Waals surface area contributed by atoms with E-state index in [9.17, 15) is 0 Å².